The van der Waals surface area contributed by atoms with Crippen molar-refractivity contribution in [1.29, 1.82) is 0 Å². The van der Waals surface area contributed by atoms with Gasteiger partial charge >= 0.3 is 0 Å². The maximum Gasteiger partial charge on any atom is 0.295 e. The third-order valence-corrected chi connectivity index (χ3v) is 5.12. The van der Waals surface area contributed by atoms with Crippen LogP contribution in [0.15, 0.2) is 63.3 Å². The third kappa shape index (κ3) is 3.00. The number of rotatable bonds is 4. The molecule has 0 radical (unpaired) electrons. The Morgan fingerprint density at radius 2 is 1.96 bits per heavy atom. The first-order valence-corrected chi connectivity index (χ1v) is 9.09. The van der Waals surface area contributed by atoms with Crippen LogP contribution in [-0.4, -0.2) is 20.3 Å². The van der Waals surface area contributed by atoms with Gasteiger partial charge in [0.05, 0.1) is 17.6 Å². The summed E-state index contributed by atoms with van der Waals surface area (Å²) in [6.45, 7) is 1.78. The van der Waals surface area contributed by atoms with Crippen molar-refractivity contribution in [3.05, 3.63) is 75.8 Å². The number of carbonyl (C=O) groups is 1. The lowest BCUT2D eigenvalue weighted by Gasteiger charge is -2.07. The van der Waals surface area contributed by atoms with Crippen LogP contribution in [0, 0.1) is 6.92 Å². The molecule has 0 aliphatic carbocycles. The molecule has 1 aromatic carbocycles. The lowest BCUT2D eigenvalue weighted by Crippen LogP contribution is -2.23. The minimum absolute atomic E-state index is 0.235. The van der Waals surface area contributed by atoms with Gasteiger partial charge in [-0.15, -0.1) is 11.3 Å². The first-order chi connectivity index (χ1) is 13.1. The molecule has 0 aliphatic heterocycles. The van der Waals surface area contributed by atoms with E-state index in [0.29, 0.717) is 16.5 Å². The molecule has 0 unspecified atom stereocenters. The molecule has 0 spiro atoms. The quantitative estimate of drug-likeness (QED) is 0.588. The van der Waals surface area contributed by atoms with Gasteiger partial charge in [0.25, 0.3) is 11.5 Å². The van der Waals surface area contributed by atoms with Crippen LogP contribution in [0.5, 0.6) is 0 Å². The molecular weight excluding hydrogens is 364 g/mol. The third-order valence-electron chi connectivity index (χ3n) is 4.26. The Morgan fingerprint density at radius 3 is 2.67 bits per heavy atom. The van der Waals surface area contributed by atoms with Crippen molar-refractivity contribution in [3.8, 4) is 16.5 Å². The van der Waals surface area contributed by atoms with Gasteiger partial charge in [0, 0.05) is 12.4 Å². The van der Waals surface area contributed by atoms with Gasteiger partial charge in [0.15, 0.2) is 10.8 Å². The van der Waals surface area contributed by atoms with Crippen LogP contribution in [0.2, 0.25) is 0 Å². The minimum atomic E-state index is -0.435. The van der Waals surface area contributed by atoms with E-state index in [1.807, 2.05) is 30.3 Å². The Kier molecular flexibility index (Phi) is 4.25. The number of furan rings is 1. The molecule has 0 atom stereocenters. The topological polar surface area (TPSA) is 82.1 Å². The molecule has 0 fully saturated rings. The predicted octanol–water partition coefficient (Wildman–Crippen LogP) is 3.45. The zero-order valence-corrected chi connectivity index (χ0v) is 15.5. The molecule has 27 heavy (non-hydrogen) atoms. The number of nitrogens with zero attached hydrogens (tertiary/aromatic N) is 3. The van der Waals surface area contributed by atoms with Crippen molar-refractivity contribution in [1.82, 2.24) is 14.3 Å². The standard InChI is InChI=1S/C19H16N4O3S/c1-12-16(19(25)23(22(12)2)13-7-4-3-5-8-13)21-17(24)14-11-27-18(20-14)15-9-6-10-26-15/h3-11H,1-2H3,(H,21,24). The summed E-state index contributed by atoms with van der Waals surface area (Å²) in [7, 11) is 1.78. The zero-order valence-electron chi connectivity index (χ0n) is 14.7. The number of hydrogen-bond donors (Lipinski definition) is 1. The van der Waals surface area contributed by atoms with Crippen molar-refractivity contribution < 1.29 is 9.21 Å². The maximum atomic E-state index is 12.9. The number of nitrogens with one attached hydrogen (secondary N) is 1. The van der Waals surface area contributed by atoms with Gasteiger partial charge in [-0.25, -0.2) is 9.67 Å². The van der Waals surface area contributed by atoms with E-state index in [1.165, 1.54) is 16.0 Å². The van der Waals surface area contributed by atoms with Gasteiger partial charge in [0.2, 0.25) is 0 Å². The van der Waals surface area contributed by atoms with Crippen LogP contribution in [-0.2, 0) is 7.05 Å². The summed E-state index contributed by atoms with van der Waals surface area (Å²) in [4.78, 5) is 29.8. The molecule has 8 heteroatoms. The first kappa shape index (κ1) is 17.0. The maximum absolute atomic E-state index is 12.9. The number of carbonyl (C=O) groups excluding carboxylic acids is 1. The molecule has 4 aromatic rings. The van der Waals surface area contributed by atoms with Crippen LogP contribution < -0.4 is 10.9 Å². The largest absolute Gasteiger partial charge is 0.462 e. The highest BCUT2D eigenvalue weighted by atomic mass is 32.1. The van der Waals surface area contributed by atoms with Crippen molar-refractivity contribution in [2.24, 2.45) is 7.05 Å². The van der Waals surface area contributed by atoms with Gasteiger partial charge in [-0.05, 0) is 31.2 Å². The summed E-state index contributed by atoms with van der Waals surface area (Å²) in [6.07, 6.45) is 1.55. The summed E-state index contributed by atoms with van der Waals surface area (Å²) in [5.41, 5.74) is 1.55. The van der Waals surface area contributed by atoms with Gasteiger partial charge in [-0.2, -0.15) is 0 Å². The molecule has 1 amide bonds. The van der Waals surface area contributed by atoms with Crippen molar-refractivity contribution >= 4 is 22.9 Å². The number of para-hydroxylation sites is 1. The Balaban J connectivity index is 1.65. The molecular formula is C19H16N4O3S. The Morgan fingerprint density at radius 1 is 1.19 bits per heavy atom. The summed E-state index contributed by atoms with van der Waals surface area (Å²) in [5, 5.41) is 4.95. The molecule has 7 nitrogen and oxygen atoms in total. The fraction of sp³-hybridized carbons (Fsp3) is 0.105. The zero-order chi connectivity index (χ0) is 19.0. The smallest absolute Gasteiger partial charge is 0.295 e. The molecule has 0 bridgehead atoms. The van der Waals surface area contributed by atoms with E-state index in [4.69, 9.17) is 4.42 Å². The Labute approximate surface area is 158 Å². The lowest BCUT2D eigenvalue weighted by molar-refractivity contribution is 0.102. The normalized spacial score (nSPS) is 10.9. The highest BCUT2D eigenvalue weighted by Crippen LogP contribution is 2.24. The molecule has 1 N–H and O–H groups in total. The Bertz CT molecular complexity index is 1150. The number of aromatic nitrogens is 3. The lowest BCUT2D eigenvalue weighted by atomic mass is 10.3. The van der Waals surface area contributed by atoms with Gasteiger partial charge in [-0.1, -0.05) is 18.2 Å². The number of amides is 1. The molecule has 0 saturated carbocycles. The number of thiazole rings is 1. The van der Waals surface area contributed by atoms with Crippen molar-refractivity contribution in [3.63, 3.8) is 0 Å². The molecule has 0 saturated heterocycles. The summed E-state index contributed by atoms with van der Waals surface area (Å²) in [5.74, 6) is 0.163. The monoisotopic (exact) mass is 380 g/mol. The second-order valence-corrected chi connectivity index (χ2v) is 6.76. The second kappa shape index (κ2) is 6.73. The number of hydrogen-bond acceptors (Lipinski definition) is 5. The summed E-state index contributed by atoms with van der Waals surface area (Å²) in [6, 6.07) is 12.8. The minimum Gasteiger partial charge on any atom is -0.462 e. The number of anilines is 1. The highest BCUT2D eigenvalue weighted by molar-refractivity contribution is 7.13. The second-order valence-electron chi connectivity index (χ2n) is 5.91. The van der Waals surface area contributed by atoms with E-state index in [1.54, 1.807) is 42.4 Å². The van der Waals surface area contributed by atoms with Crippen LogP contribution in [0.1, 0.15) is 16.2 Å². The van der Waals surface area contributed by atoms with E-state index < -0.39 is 5.91 Å². The average molecular weight is 380 g/mol. The summed E-state index contributed by atoms with van der Waals surface area (Å²) >= 11 is 1.31. The van der Waals surface area contributed by atoms with Crippen molar-refractivity contribution in [2.45, 2.75) is 6.92 Å². The molecule has 3 aromatic heterocycles. The van der Waals surface area contributed by atoms with Crippen LogP contribution >= 0.6 is 11.3 Å². The van der Waals surface area contributed by atoms with Gasteiger partial charge in [-0.3, -0.25) is 14.3 Å². The highest BCUT2D eigenvalue weighted by Gasteiger charge is 2.20. The molecule has 0 aliphatic rings. The molecule has 3 heterocycles. The van der Waals surface area contributed by atoms with E-state index in [0.717, 1.165) is 5.69 Å². The number of benzene rings is 1. The molecule has 136 valence electrons. The summed E-state index contributed by atoms with van der Waals surface area (Å²) < 4.78 is 8.52. The predicted molar refractivity (Wildman–Crippen MR) is 104 cm³/mol. The van der Waals surface area contributed by atoms with Crippen molar-refractivity contribution in [2.75, 3.05) is 5.32 Å². The molecule has 4 rings (SSSR count). The van der Waals surface area contributed by atoms with E-state index in [2.05, 4.69) is 10.3 Å². The van der Waals surface area contributed by atoms with E-state index in [9.17, 15) is 9.59 Å². The first-order valence-electron chi connectivity index (χ1n) is 8.21. The van der Waals surface area contributed by atoms with Crippen LogP contribution in [0.3, 0.4) is 0 Å². The SMILES string of the molecule is Cc1c(NC(=O)c2csc(-c3ccco3)n2)c(=O)n(-c2ccccc2)n1C. The van der Waals surface area contributed by atoms with E-state index >= 15 is 0 Å². The fourth-order valence-electron chi connectivity index (χ4n) is 2.78. The van der Waals surface area contributed by atoms with Gasteiger partial charge < -0.3 is 9.73 Å². The van der Waals surface area contributed by atoms with E-state index in [-0.39, 0.29) is 16.9 Å². The van der Waals surface area contributed by atoms with Crippen LogP contribution in [0.4, 0.5) is 5.69 Å². The fourth-order valence-corrected chi connectivity index (χ4v) is 3.55. The van der Waals surface area contributed by atoms with Crippen LogP contribution in [0.25, 0.3) is 16.5 Å². The Hall–Kier alpha value is -3.39. The van der Waals surface area contributed by atoms with Gasteiger partial charge in [0.1, 0.15) is 11.4 Å². The average Bonchev–Trinajstić information content (AvgIpc) is 3.40.